The van der Waals surface area contributed by atoms with Gasteiger partial charge in [-0.1, -0.05) is 13.0 Å². The zero-order chi connectivity index (χ0) is 30.6. The molecule has 8 nitrogen and oxygen atoms in total. The van der Waals surface area contributed by atoms with Crippen molar-refractivity contribution in [3.05, 3.63) is 47.5 Å². The van der Waals surface area contributed by atoms with Gasteiger partial charge in [0.1, 0.15) is 41.4 Å². The number of phenols is 2. The largest absolute Gasteiger partial charge is 0.508 e. The molecule has 3 fully saturated rings. The molecule has 0 saturated carbocycles. The normalized spacial score (nSPS) is 22.5. The lowest BCUT2D eigenvalue weighted by Gasteiger charge is -2.31. The van der Waals surface area contributed by atoms with Crippen LogP contribution in [0.2, 0.25) is 0 Å². The molecular weight excluding hydrogens is 573 g/mol. The van der Waals surface area contributed by atoms with E-state index in [1.54, 1.807) is 6.92 Å². The Balaban J connectivity index is 1.40. The fourth-order valence-corrected chi connectivity index (χ4v) is 7.39. The second kappa shape index (κ2) is 11.3. The number of rotatable bonds is 6. The molecule has 2 N–H and O–H groups in total. The van der Waals surface area contributed by atoms with Crippen molar-refractivity contribution in [3.8, 4) is 28.6 Å². The van der Waals surface area contributed by atoms with Crippen LogP contribution in [0.1, 0.15) is 38.2 Å². The van der Waals surface area contributed by atoms with Gasteiger partial charge in [0.2, 0.25) is 0 Å². The molecule has 11 heteroatoms. The number of hydrogen-bond donors (Lipinski definition) is 2. The second-order valence-electron chi connectivity index (χ2n) is 12.1. The molecule has 1 aromatic heterocycles. The number of fused-ring (bicyclic) bond motifs is 3. The molecule has 4 aromatic rings. The van der Waals surface area contributed by atoms with Crippen LogP contribution in [-0.4, -0.2) is 82.8 Å². The summed E-state index contributed by atoms with van der Waals surface area (Å²) in [6, 6.07) is 7.03. The number of halogens is 3. The summed E-state index contributed by atoms with van der Waals surface area (Å²) in [6.07, 6.45) is 2.22. The fraction of sp³-hybridized carbons (Fsp3) is 0.455. The molecule has 0 aliphatic carbocycles. The van der Waals surface area contributed by atoms with E-state index < -0.39 is 29.1 Å². The number of nitrogens with zero attached hydrogens (tertiary/aromatic N) is 4. The molecule has 44 heavy (non-hydrogen) atoms. The number of aryl methyl sites for hydroxylation is 1. The van der Waals surface area contributed by atoms with Gasteiger partial charge in [-0.05, 0) is 72.8 Å². The molecule has 232 valence electrons. The molecule has 0 bridgehead atoms. The zero-order valence-electron chi connectivity index (χ0n) is 24.6. The highest BCUT2D eigenvalue weighted by molar-refractivity contribution is 6.04. The summed E-state index contributed by atoms with van der Waals surface area (Å²) in [6.45, 7) is 5.25. The number of anilines is 1. The van der Waals surface area contributed by atoms with Gasteiger partial charge in [0.05, 0.1) is 17.7 Å². The highest BCUT2D eigenvalue weighted by Crippen LogP contribution is 2.45. The highest BCUT2D eigenvalue weighted by atomic mass is 19.1. The van der Waals surface area contributed by atoms with Crippen molar-refractivity contribution in [1.82, 2.24) is 14.9 Å². The average molecular weight is 609 g/mol. The highest BCUT2D eigenvalue weighted by Gasteiger charge is 2.49. The maximum Gasteiger partial charge on any atom is 0.319 e. The van der Waals surface area contributed by atoms with Crippen LogP contribution >= 0.6 is 0 Å². The Labute approximate surface area is 253 Å². The SMILES string of the molecule is CCc1c(F)ccc2cc(O)cc(-c3c(O)cc4c(N5CCCOCC5)nc(OC[C@@]56CCCN5C[C@H](F)C6)nc4c3F)c12. The topological polar surface area (TPSA) is 91.2 Å². The van der Waals surface area contributed by atoms with Crippen molar-refractivity contribution in [3.63, 3.8) is 0 Å². The Morgan fingerprint density at radius 2 is 1.93 bits per heavy atom. The molecule has 4 heterocycles. The molecule has 0 amide bonds. The third-order valence-corrected chi connectivity index (χ3v) is 9.40. The van der Waals surface area contributed by atoms with Crippen LogP contribution in [-0.2, 0) is 11.2 Å². The molecule has 3 aliphatic rings. The van der Waals surface area contributed by atoms with Crippen molar-refractivity contribution >= 4 is 27.5 Å². The van der Waals surface area contributed by atoms with Crippen LogP contribution in [0, 0.1) is 11.6 Å². The Morgan fingerprint density at radius 1 is 1.07 bits per heavy atom. The Bertz CT molecular complexity index is 1750. The van der Waals surface area contributed by atoms with Crippen LogP contribution in [0.15, 0.2) is 30.3 Å². The summed E-state index contributed by atoms with van der Waals surface area (Å²) in [5.74, 6) is -1.45. The van der Waals surface area contributed by atoms with Gasteiger partial charge in [0.15, 0.2) is 5.82 Å². The lowest BCUT2D eigenvalue weighted by Crippen LogP contribution is -2.43. The van der Waals surface area contributed by atoms with Crippen LogP contribution in [0.4, 0.5) is 19.0 Å². The van der Waals surface area contributed by atoms with Gasteiger partial charge < -0.3 is 24.6 Å². The number of aromatic hydroxyl groups is 2. The minimum atomic E-state index is -0.929. The van der Waals surface area contributed by atoms with Gasteiger partial charge in [-0.25, -0.2) is 13.2 Å². The van der Waals surface area contributed by atoms with Crippen molar-refractivity contribution < 1.29 is 32.9 Å². The molecule has 0 radical (unpaired) electrons. The van der Waals surface area contributed by atoms with Crippen LogP contribution < -0.4 is 9.64 Å². The van der Waals surface area contributed by atoms with E-state index in [0.29, 0.717) is 67.8 Å². The van der Waals surface area contributed by atoms with E-state index in [1.165, 1.54) is 30.3 Å². The molecular formula is C33H35F3N4O4. The monoisotopic (exact) mass is 608 g/mol. The number of aromatic nitrogens is 2. The van der Waals surface area contributed by atoms with Crippen molar-refractivity contribution in [1.29, 1.82) is 0 Å². The lowest BCUT2D eigenvalue weighted by molar-refractivity contribution is 0.107. The standard InChI is InChI=1S/C33H35F3N4O4/c1-2-22-25(35)6-5-19-13-21(41)14-23(27(19)22)28-26(42)15-24-30(29(28)36)37-32(38-31(24)39-8-4-11-43-12-10-39)44-18-33-7-3-9-40(33)17-20(34)16-33/h5-6,13-15,20,41-42H,2-4,7-12,16-18H2,1H3/t20-,33+/m1/s1. The van der Waals surface area contributed by atoms with Crippen molar-refractivity contribution in [2.24, 2.45) is 0 Å². The van der Waals surface area contributed by atoms with Gasteiger partial charge in [-0.2, -0.15) is 9.97 Å². The summed E-state index contributed by atoms with van der Waals surface area (Å²) in [4.78, 5) is 13.3. The third kappa shape index (κ3) is 4.86. The number of ether oxygens (including phenoxy) is 2. The number of phenolic OH excluding ortho intramolecular Hbond substituents is 2. The first-order valence-electron chi connectivity index (χ1n) is 15.3. The van der Waals surface area contributed by atoms with Gasteiger partial charge in [0, 0.05) is 43.6 Å². The lowest BCUT2D eigenvalue weighted by atomic mass is 9.91. The van der Waals surface area contributed by atoms with E-state index in [4.69, 9.17) is 14.5 Å². The summed E-state index contributed by atoms with van der Waals surface area (Å²) in [5, 5.41) is 23.1. The third-order valence-electron chi connectivity index (χ3n) is 9.40. The molecule has 7 rings (SSSR count). The predicted octanol–water partition coefficient (Wildman–Crippen LogP) is 5.88. The van der Waals surface area contributed by atoms with E-state index in [2.05, 4.69) is 9.88 Å². The maximum atomic E-state index is 16.8. The first kappa shape index (κ1) is 28.9. The Hall–Kier alpha value is -3.83. The van der Waals surface area contributed by atoms with E-state index in [-0.39, 0.29) is 40.4 Å². The number of hydrogen-bond acceptors (Lipinski definition) is 8. The smallest absolute Gasteiger partial charge is 0.319 e. The van der Waals surface area contributed by atoms with E-state index in [0.717, 1.165) is 25.8 Å². The van der Waals surface area contributed by atoms with Gasteiger partial charge in [-0.3, -0.25) is 4.90 Å². The average Bonchev–Trinajstić information content (AvgIpc) is 3.38. The molecule has 3 aromatic carbocycles. The molecule has 3 aliphatic heterocycles. The number of benzene rings is 3. The van der Waals surface area contributed by atoms with E-state index >= 15 is 4.39 Å². The summed E-state index contributed by atoms with van der Waals surface area (Å²) in [5.41, 5.74) is -0.237. The molecule has 3 saturated heterocycles. The van der Waals surface area contributed by atoms with Gasteiger partial charge >= 0.3 is 6.01 Å². The van der Waals surface area contributed by atoms with Crippen molar-refractivity contribution in [2.75, 3.05) is 50.9 Å². The zero-order valence-corrected chi connectivity index (χ0v) is 24.6. The fourth-order valence-electron chi connectivity index (χ4n) is 7.39. The molecule has 0 spiro atoms. The van der Waals surface area contributed by atoms with Crippen molar-refractivity contribution in [2.45, 2.75) is 50.7 Å². The summed E-state index contributed by atoms with van der Waals surface area (Å²) in [7, 11) is 0. The molecule has 0 unspecified atom stereocenters. The van der Waals surface area contributed by atoms with Crippen LogP contribution in [0.5, 0.6) is 17.5 Å². The minimum absolute atomic E-state index is 0.0437. The summed E-state index contributed by atoms with van der Waals surface area (Å²) >= 11 is 0. The maximum absolute atomic E-state index is 16.8. The van der Waals surface area contributed by atoms with Crippen LogP contribution in [0.25, 0.3) is 32.8 Å². The Kier molecular flexibility index (Phi) is 7.40. The first-order valence-corrected chi connectivity index (χ1v) is 15.3. The molecule has 2 atom stereocenters. The predicted molar refractivity (Wildman–Crippen MR) is 161 cm³/mol. The summed E-state index contributed by atoms with van der Waals surface area (Å²) < 4.78 is 58.0. The van der Waals surface area contributed by atoms with Gasteiger partial charge in [-0.15, -0.1) is 0 Å². The Morgan fingerprint density at radius 3 is 2.77 bits per heavy atom. The second-order valence-corrected chi connectivity index (χ2v) is 12.1. The number of alkyl halides is 1. The van der Waals surface area contributed by atoms with E-state index in [1.807, 2.05) is 4.90 Å². The van der Waals surface area contributed by atoms with Crippen LogP contribution in [0.3, 0.4) is 0 Å². The quantitative estimate of drug-likeness (QED) is 0.280. The first-order chi connectivity index (χ1) is 21.3. The minimum Gasteiger partial charge on any atom is -0.508 e. The van der Waals surface area contributed by atoms with E-state index in [9.17, 15) is 19.0 Å². The van der Waals surface area contributed by atoms with Gasteiger partial charge in [0.25, 0.3) is 0 Å².